The lowest BCUT2D eigenvalue weighted by atomic mass is 9.83. The van der Waals surface area contributed by atoms with Crippen LogP contribution in [0, 0.1) is 11.3 Å². The molecule has 32 heavy (non-hydrogen) atoms. The van der Waals surface area contributed by atoms with Gasteiger partial charge in [0.05, 0.1) is 6.04 Å². The summed E-state index contributed by atoms with van der Waals surface area (Å²) in [5.41, 5.74) is 3.28. The van der Waals surface area contributed by atoms with E-state index in [1.165, 1.54) is 5.56 Å². The standard InChI is InChI=1S/C28H38BrNO2/c1-19(24(31)17-10-20-8-15-23(29)16-9-20)26(30-25(32)18-27(2,3)4)21-11-13-22(14-12-21)28(5,6)7/h8-9,11-16,19,26H,10,17-18H2,1-7H3,(H,30,32)/t19-,26-/m0/s1. The number of rotatable bonds is 8. The van der Waals surface area contributed by atoms with Crippen LogP contribution >= 0.6 is 15.9 Å². The van der Waals surface area contributed by atoms with Crippen LogP contribution in [0.25, 0.3) is 0 Å². The van der Waals surface area contributed by atoms with Crippen molar-refractivity contribution in [2.45, 2.75) is 79.2 Å². The minimum atomic E-state index is -0.337. The zero-order valence-electron chi connectivity index (χ0n) is 20.6. The van der Waals surface area contributed by atoms with Crippen molar-refractivity contribution in [3.63, 3.8) is 0 Å². The Morgan fingerprint density at radius 3 is 1.97 bits per heavy atom. The summed E-state index contributed by atoms with van der Waals surface area (Å²) in [4.78, 5) is 25.9. The molecule has 0 bridgehead atoms. The van der Waals surface area contributed by atoms with Crippen molar-refractivity contribution in [1.29, 1.82) is 0 Å². The molecule has 0 aromatic heterocycles. The first kappa shape index (κ1) is 26.3. The predicted molar refractivity (Wildman–Crippen MR) is 137 cm³/mol. The predicted octanol–water partition coefficient (Wildman–Crippen LogP) is 7.18. The van der Waals surface area contributed by atoms with E-state index in [9.17, 15) is 9.59 Å². The summed E-state index contributed by atoms with van der Waals surface area (Å²) >= 11 is 3.45. The second kappa shape index (κ2) is 10.8. The minimum Gasteiger partial charge on any atom is -0.349 e. The summed E-state index contributed by atoms with van der Waals surface area (Å²) in [5.74, 6) is -0.168. The summed E-state index contributed by atoms with van der Waals surface area (Å²) in [6.45, 7) is 14.6. The molecular formula is C28H38BrNO2. The largest absolute Gasteiger partial charge is 0.349 e. The molecular weight excluding hydrogens is 462 g/mol. The van der Waals surface area contributed by atoms with Crippen LogP contribution in [0.1, 0.15) is 84.0 Å². The number of hydrogen-bond donors (Lipinski definition) is 1. The van der Waals surface area contributed by atoms with Gasteiger partial charge in [-0.1, -0.05) is 101 Å². The quantitative estimate of drug-likeness (QED) is 0.417. The van der Waals surface area contributed by atoms with Crippen molar-refractivity contribution >= 4 is 27.6 Å². The molecule has 3 nitrogen and oxygen atoms in total. The van der Waals surface area contributed by atoms with Crippen molar-refractivity contribution in [3.8, 4) is 0 Å². The average molecular weight is 501 g/mol. The number of carbonyl (C=O) groups excluding carboxylic acids is 2. The van der Waals surface area contributed by atoms with Crippen LogP contribution in [0.15, 0.2) is 53.0 Å². The third kappa shape index (κ3) is 8.20. The summed E-state index contributed by atoms with van der Waals surface area (Å²) < 4.78 is 1.03. The Hall–Kier alpha value is -1.94. The first-order chi connectivity index (χ1) is 14.8. The molecule has 4 heteroatoms. The van der Waals surface area contributed by atoms with Crippen LogP contribution < -0.4 is 5.32 Å². The van der Waals surface area contributed by atoms with E-state index in [2.05, 4.69) is 66.3 Å². The third-order valence-electron chi connectivity index (χ3n) is 5.72. The zero-order valence-corrected chi connectivity index (χ0v) is 22.2. The highest BCUT2D eigenvalue weighted by molar-refractivity contribution is 9.10. The topological polar surface area (TPSA) is 46.2 Å². The molecule has 2 aromatic carbocycles. The highest BCUT2D eigenvalue weighted by atomic mass is 79.9. The van der Waals surface area contributed by atoms with E-state index in [0.29, 0.717) is 19.3 Å². The Balaban J connectivity index is 2.20. The lowest BCUT2D eigenvalue weighted by Gasteiger charge is -2.28. The lowest BCUT2D eigenvalue weighted by Crippen LogP contribution is -2.37. The van der Waals surface area contributed by atoms with E-state index >= 15 is 0 Å². The number of nitrogens with one attached hydrogen (secondary N) is 1. The average Bonchev–Trinajstić information content (AvgIpc) is 2.69. The molecule has 0 heterocycles. The fourth-order valence-electron chi connectivity index (χ4n) is 3.73. The molecule has 1 N–H and O–H groups in total. The molecule has 0 saturated heterocycles. The van der Waals surface area contributed by atoms with Crippen molar-refractivity contribution in [1.82, 2.24) is 5.32 Å². The van der Waals surface area contributed by atoms with E-state index in [0.717, 1.165) is 15.6 Å². The Bertz CT molecular complexity index is 902. The molecule has 0 aliphatic carbocycles. The summed E-state index contributed by atoms with van der Waals surface area (Å²) in [6, 6.07) is 16.1. The van der Waals surface area contributed by atoms with Gasteiger partial charge in [0.2, 0.25) is 5.91 Å². The lowest BCUT2D eigenvalue weighted by molar-refractivity contribution is -0.126. The fourth-order valence-corrected chi connectivity index (χ4v) is 3.99. The van der Waals surface area contributed by atoms with Crippen LogP contribution in [-0.4, -0.2) is 11.7 Å². The van der Waals surface area contributed by atoms with Gasteiger partial charge in [-0.25, -0.2) is 0 Å². The Morgan fingerprint density at radius 2 is 1.47 bits per heavy atom. The van der Waals surface area contributed by atoms with Gasteiger partial charge in [-0.05, 0) is 46.1 Å². The van der Waals surface area contributed by atoms with Crippen LogP contribution in [0.2, 0.25) is 0 Å². The number of ketones is 1. The first-order valence-corrected chi connectivity index (χ1v) is 12.2. The van der Waals surface area contributed by atoms with Gasteiger partial charge in [0, 0.05) is 23.2 Å². The van der Waals surface area contributed by atoms with Gasteiger partial charge in [0.1, 0.15) is 5.78 Å². The monoisotopic (exact) mass is 499 g/mol. The molecule has 2 aromatic rings. The highest BCUT2D eigenvalue weighted by Gasteiger charge is 2.28. The van der Waals surface area contributed by atoms with Crippen LogP contribution in [0.5, 0.6) is 0 Å². The number of hydrogen-bond acceptors (Lipinski definition) is 2. The van der Waals surface area contributed by atoms with E-state index in [4.69, 9.17) is 0 Å². The highest BCUT2D eigenvalue weighted by Crippen LogP contribution is 2.29. The maximum Gasteiger partial charge on any atom is 0.221 e. The number of benzene rings is 2. The first-order valence-electron chi connectivity index (χ1n) is 11.4. The van der Waals surface area contributed by atoms with Gasteiger partial charge < -0.3 is 5.32 Å². The van der Waals surface area contributed by atoms with Gasteiger partial charge in [0.15, 0.2) is 0 Å². The summed E-state index contributed by atoms with van der Waals surface area (Å²) in [6.07, 6.45) is 1.57. The van der Waals surface area contributed by atoms with Crippen LogP contribution in [-0.2, 0) is 21.4 Å². The molecule has 0 aliphatic rings. The second-order valence-electron chi connectivity index (χ2n) is 11.0. The number of Topliss-reactive ketones (excluding diaryl/α,β-unsaturated/α-hetero) is 1. The molecule has 0 saturated carbocycles. The summed E-state index contributed by atoms with van der Waals surface area (Å²) in [5, 5.41) is 3.17. The summed E-state index contributed by atoms with van der Waals surface area (Å²) in [7, 11) is 0. The van der Waals surface area contributed by atoms with Gasteiger partial charge in [-0.3, -0.25) is 9.59 Å². The molecule has 0 spiro atoms. The fraction of sp³-hybridized carbons (Fsp3) is 0.500. The third-order valence-corrected chi connectivity index (χ3v) is 6.25. The van der Waals surface area contributed by atoms with Gasteiger partial charge in [0.25, 0.3) is 0 Å². The Kier molecular flexibility index (Phi) is 8.87. The molecule has 2 atom stereocenters. The number of carbonyl (C=O) groups is 2. The van der Waals surface area contributed by atoms with E-state index in [1.54, 1.807) is 0 Å². The minimum absolute atomic E-state index is 0.0186. The number of aryl methyl sites for hydroxylation is 1. The molecule has 0 fully saturated rings. The van der Waals surface area contributed by atoms with Crippen molar-refractivity contribution in [3.05, 3.63) is 69.7 Å². The van der Waals surface area contributed by atoms with E-state index in [-0.39, 0.29) is 34.5 Å². The number of amides is 1. The van der Waals surface area contributed by atoms with Crippen molar-refractivity contribution < 1.29 is 9.59 Å². The molecule has 0 unspecified atom stereocenters. The van der Waals surface area contributed by atoms with Gasteiger partial charge in [-0.2, -0.15) is 0 Å². The van der Waals surface area contributed by atoms with E-state index < -0.39 is 0 Å². The molecule has 0 radical (unpaired) electrons. The molecule has 174 valence electrons. The van der Waals surface area contributed by atoms with Crippen LogP contribution in [0.3, 0.4) is 0 Å². The molecule has 2 rings (SSSR count). The molecule has 0 aliphatic heterocycles. The maximum atomic E-state index is 13.1. The second-order valence-corrected chi connectivity index (χ2v) is 12.0. The maximum absolute atomic E-state index is 13.1. The smallest absolute Gasteiger partial charge is 0.221 e. The zero-order chi connectivity index (χ0) is 24.1. The van der Waals surface area contributed by atoms with Gasteiger partial charge in [-0.15, -0.1) is 0 Å². The van der Waals surface area contributed by atoms with E-state index in [1.807, 2.05) is 52.0 Å². The Morgan fingerprint density at radius 1 is 0.906 bits per heavy atom. The van der Waals surface area contributed by atoms with Crippen LogP contribution in [0.4, 0.5) is 0 Å². The normalized spacial score (nSPS) is 14.0. The SMILES string of the molecule is C[C@@H](C(=O)CCc1ccc(Br)cc1)[C@H](NC(=O)CC(C)(C)C)c1ccc(C(C)(C)C)cc1. The van der Waals surface area contributed by atoms with Crippen molar-refractivity contribution in [2.75, 3.05) is 0 Å². The van der Waals surface area contributed by atoms with Crippen molar-refractivity contribution in [2.24, 2.45) is 11.3 Å². The Labute approximate surface area is 202 Å². The number of halogens is 1. The van der Waals surface area contributed by atoms with Gasteiger partial charge >= 0.3 is 0 Å². The molecule has 1 amide bonds.